The fourth-order valence-electron chi connectivity index (χ4n) is 5.84. The number of hydrogen-bond acceptors (Lipinski definition) is 5. The van der Waals surface area contributed by atoms with Crippen LogP contribution < -0.4 is 0 Å². The second-order valence-electron chi connectivity index (χ2n) is 11.5. The van der Waals surface area contributed by atoms with Gasteiger partial charge in [0.15, 0.2) is 0 Å². The molecule has 5 nitrogen and oxygen atoms in total. The molecule has 0 radical (unpaired) electrons. The zero-order chi connectivity index (χ0) is 26.5. The van der Waals surface area contributed by atoms with Crippen LogP contribution in [0.1, 0.15) is 92.0 Å². The minimum atomic E-state index is -0.189. The Kier molecular flexibility index (Phi) is 9.75. The maximum absolute atomic E-state index is 6.82. The van der Waals surface area contributed by atoms with Crippen molar-refractivity contribution in [1.29, 1.82) is 0 Å². The number of hydrogen-bond donors (Lipinski definition) is 0. The molecule has 36 heavy (non-hydrogen) atoms. The molecule has 1 aliphatic rings. The number of ether oxygens (including phenoxy) is 3. The van der Waals surface area contributed by atoms with Gasteiger partial charge in [-0.25, -0.2) is 0 Å². The molecular formula is C31H47NO4. The molecule has 1 heterocycles. The molecule has 0 spiro atoms. The van der Waals surface area contributed by atoms with Gasteiger partial charge in [-0.3, -0.25) is 4.84 Å². The number of rotatable bonds is 11. The lowest BCUT2D eigenvalue weighted by molar-refractivity contribution is -0.313. The first-order valence-corrected chi connectivity index (χ1v) is 13.2. The normalized spacial score (nSPS) is 18.4. The van der Waals surface area contributed by atoms with Crippen LogP contribution in [0.5, 0.6) is 0 Å². The van der Waals surface area contributed by atoms with Crippen molar-refractivity contribution in [3.05, 3.63) is 69.3 Å². The predicted octanol–water partition coefficient (Wildman–Crippen LogP) is 7.14. The molecule has 1 aliphatic heterocycles. The molecule has 2 aromatic rings. The van der Waals surface area contributed by atoms with E-state index in [2.05, 4.69) is 77.8 Å². The smallest absolute Gasteiger partial charge is 0.128 e. The summed E-state index contributed by atoms with van der Waals surface area (Å²) >= 11 is 0. The van der Waals surface area contributed by atoms with E-state index in [1.54, 1.807) is 14.2 Å². The average molecular weight is 498 g/mol. The van der Waals surface area contributed by atoms with Gasteiger partial charge in [0.2, 0.25) is 0 Å². The fourth-order valence-corrected chi connectivity index (χ4v) is 5.84. The van der Waals surface area contributed by atoms with Gasteiger partial charge in [-0.1, -0.05) is 30.3 Å². The topological polar surface area (TPSA) is 40.2 Å². The molecule has 200 valence electrons. The van der Waals surface area contributed by atoms with E-state index in [9.17, 15) is 0 Å². The summed E-state index contributed by atoms with van der Waals surface area (Å²) in [6, 6.07) is 10.5. The first-order valence-electron chi connectivity index (χ1n) is 13.2. The van der Waals surface area contributed by atoms with E-state index in [1.165, 1.54) is 39.8 Å². The summed E-state index contributed by atoms with van der Waals surface area (Å²) in [6.45, 7) is 17.8. The molecule has 0 aliphatic carbocycles. The van der Waals surface area contributed by atoms with Crippen LogP contribution in [0.3, 0.4) is 0 Å². The van der Waals surface area contributed by atoms with Crippen LogP contribution >= 0.6 is 0 Å². The lowest BCUT2D eigenvalue weighted by Crippen LogP contribution is -2.58. The summed E-state index contributed by atoms with van der Waals surface area (Å²) in [4.78, 5) is 6.82. The third-order valence-electron chi connectivity index (χ3n) is 7.89. The van der Waals surface area contributed by atoms with Gasteiger partial charge in [0.05, 0.1) is 26.4 Å². The fraction of sp³-hybridized carbons (Fsp3) is 0.613. The van der Waals surface area contributed by atoms with Crippen molar-refractivity contribution in [2.75, 3.05) is 20.8 Å². The van der Waals surface area contributed by atoms with E-state index in [-0.39, 0.29) is 17.2 Å². The Hall–Kier alpha value is -1.76. The molecule has 1 atom stereocenters. The van der Waals surface area contributed by atoms with E-state index < -0.39 is 0 Å². The van der Waals surface area contributed by atoms with E-state index in [0.29, 0.717) is 26.4 Å². The number of methoxy groups -OCH3 is 2. The highest BCUT2D eigenvalue weighted by Gasteiger charge is 2.43. The molecule has 5 heteroatoms. The van der Waals surface area contributed by atoms with Gasteiger partial charge in [-0.15, -0.1) is 0 Å². The molecule has 2 aromatic carbocycles. The SMILES string of the molecule is COCc1c(C)c(COC)c(C)c(COCC(ON2C(C)(C)CCCC2(C)C)c2ccccc2)c1C. The largest absolute Gasteiger partial charge is 0.380 e. The highest BCUT2D eigenvalue weighted by Crippen LogP contribution is 2.40. The highest BCUT2D eigenvalue weighted by atomic mass is 16.7. The molecule has 0 amide bonds. The van der Waals surface area contributed by atoms with Crippen molar-refractivity contribution in [2.45, 2.75) is 105 Å². The standard InChI is InChI=1S/C31H47NO4/c1-22-26(18-33-8)23(2)28(24(3)27(22)19-34-9)20-35-21-29(25-14-11-10-12-15-25)36-32-30(4,5)16-13-17-31(32,6)7/h10-12,14-15,29H,13,16-21H2,1-9H3. The lowest BCUT2D eigenvalue weighted by Gasteiger charge is -2.52. The van der Waals surface area contributed by atoms with E-state index in [0.717, 1.165) is 18.4 Å². The van der Waals surface area contributed by atoms with Crippen LogP contribution in [0, 0.1) is 20.8 Å². The van der Waals surface area contributed by atoms with E-state index in [1.807, 2.05) is 6.07 Å². The monoisotopic (exact) mass is 497 g/mol. The second kappa shape index (κ2) is 12.2. The quantitative estimate of drug-likeness (QED) is 0.330. The van der Waals surface area contributed by atoms with Gasteiger partial charge in [-0.2, -0.15) is 5.06 Å². The molecule has 1 unspecified atom stereocenters. The van der Waals surface area contributed by atoms with Crippen LogP contribution in [-0.4, -0.2) is 37.0 Å². The van der Waals surface area contributed by atoms with Crippen LogP contribution in [0.25, 0.3) is 0 Å². The molecule has 1 fully saturated rings. The third kappa shape index (κ3) is 6.38. The number of nitrogens with zero attached hydrogens (tertiary/aromatic N) is 1. The van der Waals surface area contributed by atoms with E-state index in [4.69, 9.17) is 19.0 Å². The Balaban J connectivity index is 1.86. The van der Waals surface area contributed by atoms with Crippen molar-refractivity contribution in [1.82, 2.24) is 5.06 Å². The van der Waals surface area contributed by atoms with Crippen molar-refractivity contribution in [3.63, 3.8) is 0 Å². The van der Waals surface area contributed by atoms with Crippen molar-refractivity contribution in [2.24, 2.45) is 0 Å². The molecule has 0 aromatic heterocycles. The predicted molar refractivity (Wildman–Crippen MR) is 146 cm³/mol. The molecule has 0 bridgehead atoms. The Labute approximate surface area is 219 Å². The van der Waals surface area contributed by atoms with Gasteiger partial charge >= 0.3 is 0 Å². The first kappa shape index (κ1) is 28.8. The van der Waals surface area contributed by atoms with Gasteiger partial charge in [0, 0.05) is 25.3 Å². The number of hydroxylamine groups is 2. The van der Waals surface area contributed by atoms with Crippen molar-refractivity contribution < 1.29 is 19.0 Å². The summed E-state index contributed by atoms with van der Waals surface area (Å²) in [5.74, 6) is 0. The van der Waals surface area contributed by atoms with Crippen LogP contribution in [0.2, 0.25) is 0 Å². The molecule has 0 saturated carbocycles. The van der Waals surface area contributed by atoms with E-state index >= 15 is 0 Å². The summed E-state index contributed by atoms with van der Waals surface area (Å²) in [5, 5.41) is 2.24. The summed E-state index contributed by atoms with van der Waals surface area (Å²) in [6.07, 6.45) is 3.26. The van der Waals surface area contributed by atoms with Gasteiger partial charge in [0.1, 0.15) is 6.10 Å². The maximum atomic E-state index is 6.82. The van der Waals surface area contributed by atoms with Gasteiger partial charge in [0.25, 0.3) is 0 Å². The Bertz CT molecular complexity index is 950. The van der Waals surface area contributed by atoms with Gasteiger partial charge < -0.3 is 14.2 Å². The minimum absolute atomic E-state index is 0.0387. The van der Waals surface area contributed by atoms with Crippen molar-refractivity contribution in [3.8, 4) is 0 Å². The lowest BCUT2D eigenvalue weighted by atomic mass is 9.82. The molecular weight excluding hydrogens is 450 g/mol. The summed E-state index contributed by atoms with van der Waals surface area (Å²) in [5.41, 5.74) is 8.44. The zero-order valence-corrected chi connectivity index (χ0v) is 24.0. The Morgan fingerprint density at radius 2 is 1.22 bits per heavy atom. The highest BCUT2D eigenvalue weighted by molar-refractivity contribution is 5.50. The molecule has 0 N–H and O–H groups in total. The minimum Gasteiger partial charge on any atom is -0.380 e. The molecule has 3 rings (SSSR count). The second-order valence-corrected chi connectivity index (χ2v) is 11.5. The Morgan fingerprint density at radius 1 is 0.750 bits per heavy atom. The Morgan fingerprint density at radius 3 is 1.69 bits per heavy atom. The molecule has 1 saturated heterocycles. The zero-order valence-electron chi connectivity index (χ0n) is 24.0. The summed E-state index contributed by atoms with van der Waals surface area (Å²) < 4.78 is 17.5. The van der Waals surface area contributed by atoms with Crippen LogP contribution in [0.15, 0.2) is 30.3 Å². The number of piperidine rings is 1. The maximum Gasteiger partial charge on any atom is 0.128 e. The van der Waals surface area contributed by atoms with Gasteiger partial charge in [-0.05, 0) is 107 Å². The van der Waals surface area contributed by atoms with Crippen LogP contribution in [0.4, 0.5) is 0 Å². The average Bonchev–Trinajstić information content (AvgIpc) is 2.83. The van der Waals surface area contributed by atoms with Crippen LogP contribution in [-0.2, 0) is 38.9 Å². The number of benzene rings is 2. The summed E-state index contributed by atoms with van der Waals surface area (Å²) in [7, 11) is 3.49. The van der Waals surface area contributed by atoms with Crippen molar-refractivity contribution >= 4 is 0 Å². The third-order valence-corrected chi connectivity index (χ3v) is 7.89. The first-order chi connectivity index (χ1) is 17.0.